The molecule has 0 atom stereocenters. The van der Waals surface area contributed by atoms with Crippen LogP contribution < -0.4 is 4.90 Å². The van der Waals surface area contributed by atoms with E-state index in [9.17, 15) is 9.59 Å². The molecule has 0 aliphatic heterocycles. The van der Waals surface area contributed by atoms with Crippen LogP contribution in [-0.2, 0) is 9.59 Å². The minimum Gasteiger partial charge on any atom is -0.481 e. The van der Waals surface area contributed by atoms with Crippen LogP contribution in [0.5, 0.6) is 0 Å². The first kappa shape index (κ1) is 15.2. The summed E-state index contributed by atoms with van der Waals surface area (Å²) in [6.07, 6.45) is 0.670. The second kappa shape index (κ2) is 6.36. The zero-order valence-electron chi connectivity index (χ0n) is 12.0. The Labute approximate surface area is 114 Å². The zero-order valence-corrected chi connectivity index (χ0v) is 12.0. The summed E-state index contributed by atoms with van der Waals surface area (Å²) in [6, 6.07) is 4.06. The predicted octanol–water partition coefficient (Wildman–Crippen LogP) is 2.83. The summed E-state index contributed by atoms with van der Waals surface area (Å²) < 4.78 is 0. The molecule has 1 aromatic rings. The average molecular weight is 263 g/mol. The number of anilines is 1. The first-order chi connectivity index (χ1) is 8.82. The summed E-state index contributed by atoms with van der Waals surface area (Å²) in [7, 11) is 1.74. The Bertz CT molecular complexity index is 494. The van der Waals surface area contributed by atoms with Gasteiger partial charge >= 0.3 is 5.97 Å². The highest BCUT2D eigenvalue weighted by Crippen LogP contribution is 2.23. The number of hydrogen-bond acceptors (Lipinski definition) is 2. The van der Waals surface area contributed by atoms with Gasteiger partial charge in [-0.1, -0.05) is 6.07 Å². The topological polar surface area (TPSA) is 57.6 Å². The number of carbonyl (C=O) groups excluding carboxylic acids is 1. The highest BCUT2D eigenvalue weighted by atomic mass is 16.4. The second-order valence-electron chi connectivity index (χ2n) is 4.92. The molecule has 0 spiro atoms. The number of benzene rings is 1. The number of nitrogens with zero attached hydrogens (tertiary/aromatic N) is 1. The minimum atomic E-state index is -0.863. The van der Waals surface area contributed by atoms with Gasteiger partial charge in [-0.05, 0) is 49.9 Å². The smallest absolute Gasteiger partial charge is 0.303 e. The molecule has 0 radical (unpaired) electrons. The van der Waals surface area contributed by atoms with Crippen molar-refractivity contribution >= 4 is 17.6 Å². The largest absolute Gasteiger partial charge is 0.481 e. The van der Waals surface area contributed by atoms with E-state index in [1.807, 2.05) is 26.8 Å². The summed E-state index contributed by atoms with van der Waals surface area (Å²) in [4.78, 5) is 24.1. The Morgan fingerprint density at radius 1 is 1.05 bits per heavy atom. The maximum atomic E-state index is 12.0. The van der Waals surface area contributed by atoms with Crippen LogP contribution in [0.2, 0.25) is 0 Å². The van der Waals surface area contributed by atoms with Crippen LogP contribution in [0.25, 0.3) is 0 Å². The molecule has 0 bridgehead atoms. The first-order valence-electron chi connectivity index (χ1n) is 6.39. The molecule has 0 fully saturated rings. The van der Waals surface area contributed by atoms with E-state index in [1.165, 1.54) is 5.56 Å². The standard InChI is InChI=1S/C15H21NO3/c1-10-8-12(3)13(9-11(10)2)16(4)14(17)6-5-7-15(18)19/h8-9H,5-7H2,1-4H3,(H,18,19). The Kier molecular flexibility index (Phi) is 5.10. The molecule has 4 heteroatoms. The molecule has 4 nitrogen and oxygen atoms in total. The van der Waals surface area contributed by atoms with Crippen LogP contribution in [0.3, 0.4) is 0 Å². The van der Waals surface area contributed by atoms with Crippen LogP contribution in [0.4, 0.5) is 5.69 Å². The fourth-order valence-corrected chi connectivity index (χ4v) is 2.00. The van der Waals surface area contributed by atoms with E-state index in [4.69, 9.17) is 5.11 Å². The summed E-state index contributed by atoms with van der Waals surface area (Å²) in [6.45, 7) is 6.03. The van der Waals surface area contributed by atoms with Gasteiger partial charge in [0.2, 0.25) is 5.91 Å². The number of aliphatic carboxylic acids is 1. The summed E-state index contributed by atoms with van der Waals surface area (Å²) >= 11 is 0. The predicted molar refractivity (Wildman–Crippen MR) is 75.5 cm³/mol. The molecule has 0 heterocycles. The van der Waals surface area contributed by atoms with Crippen LogP contribution in [0.15, 0.2) is 12.1 Å². The maximum Gasteiger partial charge on any atom is 0.303 e. The Morgan fingerprint density at radius 3 is 2.21 bits per heavy atom. The third kappa shape index (κ3) is 4.09. The average Bonchev–Trinajstić information content (AvgIpc) is 2.32. The van der Waals surface area contributed by atoms with Gasteiger partial charge in [0, 0.05) is 25.6 Å². The van der Waals surface area contributed by atoms with E-state index in [0.717, 1.165) is 16.8 Å². The molecular formula is C15H21NO3. The SMILES string of the molecule is Cc1cc(C)c(N(C)C(=O)CCCC(=O)O)cc1C. The lowest BCUT2D eigenvalue weighted by atomic mass is 10.0. The molecule has 0 saturated carbocycles. The highest BCUT2D eigenvalue weighted by Gasteiger charge is 2.14. The van der Waals surface area contributed by atoms with Crippen molar-refractivity contribution in [2.24, 2.45) is 0 Å². The molecule has 0 saturated heterocycles. The van der Waals surface area contributed by atoms with Crippen molar-refractivity contribution in [2.75, 3.05) is 11.9 Å². The number of aryl methyl sites for hydroxylation is 3. The van der Waals surface area contributed by atoms with E-state index < -0.39 is 5.97 Å². The number of carboxylic acid groups (broad SMARTS) is 1. The molecule has 1 amide bonds. The number of carbonyl (C=O) groups is 2. The number of hydrogen-bond donors (Lipinski definition) is 1. The van der Waals surface area contributed by atoms with Crippen LogP contribution in [-0.4, -0.2) is 24.0 Å². The van der Waals surface area contributed by atoms with Crippen molar-refractivity contribution in [2.45, 2.75) is 40.0 Å². The lowest BCUT2D eigenvalue weighted by Crippen LogP contribution is -2.26. The molecule has 0 aliphatic rings. The van der Waals surface area contributed by atoms with Crippen molar-refractivity contribution in [1.82, 2.24) is 0 Å². The van der Waals surface area contributed by atoms with Crippen molar-refractivity contribution in [1.29, 1.82) is 0 Å². The van der Waals surface area contributed by atoms with Crippen molar-refractivity contribution < 1.29 is 14.7 Å². The Hall–Kier alpha value is -1.84. The summed E-state index contributed by atoms with van der Waals surface area (Å²) in [5, 5.41) is 8.57. The molecule has 0 aliphatic carbocycles. The Balaban J connectivity index is 2.77. The summed E-state index contributed by atoms with van der Waals surface area (Å²) in [5.41, 5.74) is 4.29. The molecule has 1 N–H and O–H groups in total. The zero-order chi connectivity index (χ0) is 14.6. The fraction of sp³-hybridized carbons (Fsp3) is 0.467. The third-order valence-corrected chi connectivity index (χ3v) is 3.33. The molecular weight excluding hydrogens is 242 g/mol. The quantitative estimate of drug-likeness (QED) is 0.888. The van der Waals surface area contributed by atoms with E-state index in [-0.39, 0.29) is 18.7 Å². The number of carboxylic acids is 1. The van der Waals surface area contributed by atoms with Crippen LogP contribution in [0.1, 0.15) is 36.0 Å². The molecule has 1 rings (SSSR count). The third-order valence-electron chi connectivity index (χ3n) is 3.33. The fourth-order valence-electron chi connectivity index (χ4n) is 2.00. The van der Waals surface area contributed by atoms with Crippen molar-refractivity contribution in [3.8, 4) is 0 Å². The van der Waals surface area contributed by atoms with E-state index in [2.05, 4.69) is 6.07 Å². The van der Waals surface area contributed by atoms with Gasteiger partial charge in [0.05, 0.1) is 0 Å². The van der Waals surface area contributed by atoms with Crippen molar-refractivity contribution in [3.05, 3.63) is 28.8 Å². The molecule has 0 aromatic heterocycles. The van der Waals surface area contributed by atoms with Gasteiger partial charge in [-0.3, -0.25) is 9.59 Å². The van der Waals surface area contributed by atoms with Gasteiger partial charge in [0.1, 0.15) is 0 Å². The normalized spacial score (nSPS) is 10.3. The molecule has 19 heavy (non-hydrogen) atoms. The number of amides is 1. The van der Waals surface area contributed by atoms with E-state index >= 15 is 0 Å². The van der Waals surface area contributed by atoms with Gasteiger partial charge in [0.25, 0.3) is 0 Å². The van der Waals surface area contributed by atoms with Gasteiger partial charge in [-0.25, -0.2) is 0 Å². The van der Waals surface area contributed by atoms with E-state index in [0.29, 0.717) is 6.42 Å². The van der Waals surface area contributed by atoms with Gasteiger partial charge in [-0.2, -0.15) is 0 Å². The summed E-state index contributed by atoms with van der Waals surface area (Å²) in [5.74, 6) is -0.912. The molecule has 0 unspecified atom stereocenters. The highest BCUT2D eigenvalue weighted by molar-refractivity contribution is 5.93. The molecule has 1 aromatic carbocycles. The van der Waals surface area contributed by atoms with E-state index in [1.54, 1.807) is 11.9 Å². The van der Waals surface area contributed by atoms with Crippen molar-refractivity contribution in [3.63, 3.8) is 0 Å². The van der Waals surface area contributed by atoms with Gasteiger partial charge in [-0.15, -0.1) is 0 Å². The van der Waals surface area contributed by atoms with Crippen LogP contribution in [0, 0.1) is 20.8 Å². The monoisotopic (exact) mass is 263 g/mol. The molecule has 104 valence electrons. The first-order valence-corrected chi connectivity index (χ1v) is 6.39. The minimum absolute atomic E-state index is 0.0332. The Morgan fingerprint density at radius 2 is 1.63 bits per heavy atom. The lowest BCUT2D eigenvalue weighted by Gasteiger charge is -2.21. The maximum absolute atomic E-state index is 12.0. The van der Waals surface area contributed by atoms with Gasteiger partial charge in [0.15, 0.2) is 0 Å². The second-order valence-corrected chi connectivity index (χ2v) is 4.92. The van der Waals surface area contributed by atoms with Crippen LogP contribution >= 0.6 is 0 Å². The lowest BCUT2D eigenvalue weighted by molar-refractivity contribution is -0.137. The van der Waals surface area contributed by atoms with Gasteiger partial charge < -0.3 is 10.0 Å². The number of rotatable bonds is 5.